The van der Waals surface area contributed by atoms with Crippen LogP contribution in [0.5, 0.6) is 5.75 Å². The van der Waals surface area contributed by atoms with Crippen molar-refractivity contribution in [2.24, 2.45) is 0 Å². The molecule has 21 heavy (non-hydrogen) atoms. The van der Waals surface area contributed by atoms with Gasteiger partial charge in [-0.2, -0.15) is 0 Å². The third-order valence-electron chi connectivity index (χ3n) is 3.03. The van der Waals surface area contributed by atoms with Crippen LogP contribution in [0.25, 0.3) is 11.4 Å². The number of hydrogen-bond acceptors (Lipinski definition) is 4. The van der Waals surface area contributed by atoms with Gasteiger partial charge in [-0.3, -0.25) is 0 Å². The number of rotatable bonds is 3. The van der Waals surface area contributed by atoms with Crippen LogP contribution in [0.2, 0.25) is 0 Å². The molecule has 112 valence electrons. The Labute approximate surface area is 133 Å². The Balaban J connectivity index is 2.61. The zero-order chi connectivity index (χ0) is 15.6. The van der Waals surface area contributed by atoms with E-state index >= 15 is 0 Å². The van der Waals surface area contributed by atoms with Gasteiger partial charge in [0.25, 0.3) is 0 Å². The van der Waals surface area contributed by atoms with E-state index in [0.29, 0.717) is 5.82 Å². The second-order valence-corrected chi connectivity index (χ2v) is 6.68. The minimum atomic E-state index is -0.0996. The van der Waals surface area contributed by atoms with Gasteiger partial charge in [0, 0.05) is 17.5 Å². The molecule has 0 atom stereocenters. The van der Waals surface area contributed by atoms with E-state index in [-0.39, 0.29) is 11.2 Å². The number of halogens is 1. The van der Waals surface area contributed by atoms with Gasteiger partial charge in [-0.15, -0.1) is 0 Å². The quantitative estimate of drug-likeness (QED) is 0.865. The molecule has 1 aromatic heterocycles. The van der Waals surface area contributed by atoms with E-state index in [1.165, 1.54) is 0 Å². The number of phenols is 1. The Bertz CT molecular complexity index is 633. The van der Waals surface area contributed by atoms with Gasteiger partial charge >= 0.3 is 0 Å². The van der Waals surface area contributed by atoms with Crippen molar-refractivity contribution in [1.82, 2.24) is 9.97 Å². The minimum absolute atomic E-state index is 0.0996. The highest BCUT2D eigenvalue weighted by molar-refractivity contribution is 9.10. The molecule has 1 heterocycles. The average Bonchev–Trinajstić information content (AvgIpc) is 2.41. The van der Waals surface area contributed by atoms with Gasteiger partial charge in [0.1, 0.15) is 11.6 Å². The molecule has 1 aromatic carbocycles. The molecule has 2 rings (SSSR count). The number of nitrogens with one attached hydrogen (secondary N) is 1. The maximum absolute atomic E-state index is 9.41. The van der Waals surface area contributed by atoms with Crippen molar-refractivity contribution in [2.45, 2.75) is 33.1 Å². The molecule has 2 aromatic rings. The first-order valence-corrected chi connectivity index (χ1v) is 7.73. The normalized spacial score (nSPS) is 11.5. The third kappa shape index (κ3) is 3.53. The predicted molar refractivity (Wildman–Crippen MR) is 89.7 cm³/mol. The van der Waals surface area contributed by atoms with E-state index in [1.807, 2.05) is 19.1 Å². The lowest BCUT2D eigenvalue weighted by Crippen LogP contribution is -2.17. The van der Waals surface area contributed by atoms with E-state index in [4.69, 9.17) is 4.98 Å². The molecule has 0 aliphatic carbocycles. The molecule has 0 unspecified atom stereocenters. The Morgan fingerprint density at radius 2 is 1.76 bits per heavy atom. The van der Waals surface area contributed by atoms with Gasteiger partial charge in [0.2, 0.25) is 0 Å². The fourth-order valence-corrected chi connectivity index (χ4v) is 2.88. The molecule has 0 aliphatic heterocycles. The van der Waals surface area contributed by atoms with Crippen molar-refractivity contribution in [3.8, 4) is 17.1 Å². The van der Waals surface area contributed by atoms with Crippen LogP contribution in [0.15, 0.2) is 28.7 Å². The third-order valence-corrected chi connectivity index (χ3v) is 3.78. The van der Waals surface area contributed by atoms with Gasteiger partial charge < -0.3 is 10.4 Å². The highest BCUT2D eigenvalue weighted by atomic mass is 79.9. The monoisotopic (exact) mass is 349 g/mol. The lowest BCUT2D eigenvalue weighted by molar-refractivity contribution is 0.475. The van der Waals surface area contributed by atoms with Crippen molar-refractivity contribution in [1.29, 1.82) is 0 Å². The summed E-state index contributed by atoms with van der Waals surface area (Å²) in [5, 5.41) is 12.7. The molecule has 2 N–H and O–H groups in total. The van der Waals surface area contributed by atoms with Crippen molar-refractivity contribution >= 4 is 21.7 Å². The number of aromatic nitrogens is 2. The first-order chi connectivity index (χ1) is 9.82. The molecule has 0 saturated carbocycles. The Morgan fingerprint density at radius 1 is 1.14 bits per heavy atom. The number of nitrogens with zero attached hydrogens (tertiary/aromatic N) is 2. The van der Waals surface area contributed by atoms with E-state index in [2.05, 4.69) is 47.0 Å². The summed E-state index contributed by atoms with van der Waals surface area (Å²) in [5.41, 5.74) is 1.74. The molecule has 4 nitrogen and oxygen atoms in total. The molecule has 0 saturated heterocycles. The fraction of sp³-hybridized carbons (Fsp3) is 0.375. The molecular weight excluding hydrogens is 330 g/mol. The smallest absolute Gasteiger partial charge is 0.161 e. The summed E-state index contributed by atoms with van der Waals surface area (Å²) in [5.74, 6) is 1.68. The summed E-state index contributed by atoms with van der Waals surface area (Å²) in [6.07, 6.45) is 0. The van der Waals surface area contributed by atoms with E-state index in [9.17, 15) is 5.11 Å². The highest BCUT2D eigenvalue weighted by Gasteiger charge is 2.23. The summed E-state index contributed by atoms with van der Waals surface area (Å²) in [6.45, 7) is 9.18. The number of benzene rings is 1. The van der Waals surface area contributed by atoms with Gasteiger partial charge in [0.15, 0.2) is 5.82 Å². The number of aromatic hydroxyl groups is 1. The van der Waals surface area contributed by atoms with Crippen molar-refractivity contribution < 1.29 is 5.11 Å². The fourth-order valence-electron chi connectivity index (χ4n) is 1.97. The van der Waals surface area contributed by atoms with Crippen LogP contribution in [0, 0.1) is 0 Å². The lowest BCUT2D eigenvalue weighted by atomic mass is 9.91. The van der Waals surface area contributed by atoms with Crippen LogP contribution >= 0.6 is 15.9 Å². The molecule has 0 fully saturated rings. The topological polar surface area (TPSA) is 58.0 Å². The number of anilines is 1. The molecular formula is C16H20BrN3O. The maximum atomic E-state index is 9.41. The Kier molecular flexibility index (Phi) is 4.52. The van der Waals surface area contributed by atoms with Gasteiger partial charge in [-0.25, -0.2) is 9.97 Å². The minimum Gasteiger partial charge on any atom is -0.508 e. The van der Waals surface area contributed by atoms with E-state index in [1.54, 1.807) is 12.1 Å². The SMILES string of the molecule is CCNc1nc(-c2ccc(O)cc2)nc(C(C)(C)C)c1Br. The Hall–Kier alpha value is -1.62. The first-order valence-electron chi connectivity index (χ1n) is 6.94. The molecule has 0 aliphatic rings. The van der Waals surface area contributed by atoms with Crippen molar-refractivity contribution in [3.05, 3.63) is 34.4 Å². The van der Waals surface area contributed by atoms with Crippen LogP contribution < -0.4 is 5.32 Å². The average molecular weight is 350 g/mol. The zero-order valence-electron chi connectivity index (χ0n) is 12.7. The summed E-state index contributed by atoms with van der Waals surface area (Å²) >= 11 is 3.61. The molecule has 5 heteroatoms. The van der Waals surface area contributed by atoms with Gasteiger partial charge in [0.05, 0.1) is 10.2 Å². The van der Waals surface area contributed by atoms with E-state index in [0.717, 1.165) is 28.1 Å². The standard InChI is InChI=1S/C16H20BrN3O/c1-5-18-15-12(17)13(16(2,3)4)19-14(20-15)10-6-8-11(21)9-7-10/h6-9,21H,5H2,1-4H3,(H,18,19,20). The lowest BCUT2D eigenvalue weighted by Gasteiger charge is -2.22. The van der Waals surface area contributed by atoms with Crippen LogP contribution in [-0.2, 0) is 5.41 Å². The molecule has 0 radical (unpaired) electrons. The maximum Gasteiger partial charge on any atom is 0.161 e. The number of phenolic OH excluding ortho intramolecular Hbond substituents is 1. The van der Waals surface area contributed by atoms with Gasteiger partial charge in [-0.05, 0) is 47.1 Å². The molecule has 0 spiro atoms. The van der Waals surface area contributed by atoms with Crippen LogP contribution in [0.3, 0.4) is 0 Å². The summed E-state index contributed by atoms with van der Waals surface area (Å²) < 4.78 is 0.902. The molecule has 0 amide bonds. The summed E-state index contributed by atoms with van der Waals surface area (Å²) in [4.78, 5) is 9.29. The van der Waals surface area contributed by atoms with E-state index < -0.39 is 0 Å². The second-order valence-electron chi connectivity index (χ2n) is 5.89. The predicted octanol–water partition coefficient (Wildman–Crippen LogP) is 4.34. The van der Waals surface area contributed by atoms with Crippen molar-refractivity contribution in [2.75, 3.05) is 11.9 Å². The molecule has 0 bridgehead atoms. The van der Waals surface area contributed by atoms with Gasteiger partial charge in [-0.1, -0.05) is 20.8 Å². The second kappa shape index (κ2) is 6.02. The summed E-state index contributed by atoms with van der Waals surface area (Å²) in [6, 6.07) is 6.93. The highest BCUT2D eigenvalue weighted by Crippen LogP contribution is 2.34. The van der Waals surface area contributed by atoms with Crippen molar-refractivity contribution in [3.63, 3.8) is 0 Å². The zero-order valence-corrected chi connectivity index (χ0v) is 14.3. The van der Waals surface area contributed by atoms with Crippen LogP contribution in [-0.4, -0.2) is 21.6 Å². The van der Waals surface area contributed by atoms with Crippen LogP contribution in [0.1, 0.15) is 33.4 Å². The number of hydrogen-bond donors (Lipinski definition) is 2. The van der Waals surface area contributed by atoms with Crippen LogP contribution in [0.4, 0.5) is 5.82 Å². The summed E-state index contributed by atoms with van der Waals surface area (Å²) in [7, 11) is 0. The Morgan fingerprint density at radius 3 is 2.29 bits per heavy atom. The largest absolute Gasteiger partial charge is 0.508 e. The first kappa shape index (κ1) is 15.8.